The van der Waals surface area contributed by atoms with Gasteiger partial charge in [0, 0.05) is 4.47 Å². The van der Waals surface area contributed by atoms with E-state index in [1.807, 2.05) is 39.0 Å². The zero-order valence-corrected chi connectivity index (χ0v) is 9.80. The Hall–Kier alpha value is -0.340. The lowest BCUT2D eigenvalue weighted by molar-refractivity contribution is 0.125. The highest BCUT2D eigenvalue weighted by Gasteiger charge is 2.16. The predicted octanol–water partition coefficient (Wildman–Crippen LogP) is 3.45. The number of halogens is 1. The van der Waals surface area contributed by atoms with E-state index in [-0.39, 0.29) is 12.0 Å². The first-order chi connectivity index (χ1) is 6.04. The minimum absolute atomic E-state index is 0.248. The summed E-state index contributed by atoms with van der Waals surface area (Å²) in [5, 5.41) is 9.93. The Morgan fingerprint density at radius 1 is 1.31 bits per heavy atom. The second kappa shape index (κ2) is 4.25. The second-order valence-corrected chi connectivity index (χ2v) is 4.51. The van der Waals surface area contributed by atoms with Gasteiger partial charge in [-0.3, -0.25) is 0 Å². The minimum atomic E-state index is -0.379. The minimum Gasteiger partial charge on any atom is -0.388 e. The molecule has 0 heterocycles. The molecule has 0 fully saturated rings. The molecule has 0 aliphatic heterocycles. The number of hydrogen-bond donors (Lipinski definition) is 1. The summed E-state index contributed by atoms with van der Waals surface area (Å²) in [6, 6.07) is 5.97. The van der Waals surface area contributed by atoms with Crippen molar-refractivity contribution in [3.8, 4) is 0 Å². The molecule has 0 aromatic heterocycles. The number of aliphatic hydroxyl groups excluding tert-OH is 1. The zero-order chi connectivity index (χ0) is 10.0. The van der Waals surface area contributed by atoms with Crippen LogP contribution in [0, 0.1) is 12.8 Å². The third-order valence-corrected chi connectivity index (χ3v) is 2.89. The standard InChI is InChI=1S/C11H15BrO/c1-7(2)11(13)10-8(3)5-4-6-9(10)12/h4-7,11,13H,1-3H3. The van der Waals surface area contributed by atoms with Crippen molar-refractivity contribution < 1.29 is 5.11 Å². The van der Waals surface area contributed by atoms with Gasteiger partial charge in [0.2, 0.25) is 0 Å². The largest absolute Gasteiger partial charge is 0.388 e. The van der Waals surface area contributed by atoms with Crippen molar-refractivity contribution in [3.63, 3.8) is 0 Å². The molecular formula is C11H15BrO. The van der Waals surface area contributed by atoms with Crippen molar-refractivity contribution >= 4 is 15.9 Å². The lowest BCUT2D eigenvalue weighted by atomic mass is 9.95. The van der Waals surface area contributed by atoms with E-state index >= 15 is 0 Å². The molecule has 13 heavy (non-hydrogen) atoms. The summed E-state index contributed by atoms with van der Waals surface area (Å²) in [5.41, 5.74) is 2.15. The van der Waals surface area contributed by atoms with Crippen LogP contribution in [0.25, 0.3) is 0 Å². The summed E-state index contributed by atoms with van der Waals surface area (Å²) in [6.07, 6.45) is -0.379. The zero-order valence-electron chi connectivity index (χ0n) is 8.21. The third kappa shape index (κ3) is 2.32. The van der Waals surface area contributed by atoms with Crippen LogP contribution in [0.15, 0.2) is 22.7 Å². The average molecular weight is 243 g/mol. The molecule has 0 spiro atoms. The molecule has 0 aliphatic rings. The Morgan fingerprint density at radius 3 is 2.38 bits per heavy atom. The van der Waals surface area contributed by atoms with E-state index in [1.54, 1.807) is 0 Å². The molecular weight excluding hydrogens is 228 g/mol. The van der Waals surface area contributed by atoms with Gasteiger partial charge in [-0.25, -0.2) is 0 Å². The maximum Gasteiger partial charge on any atom is 0.0826 e. The highest BCUT2D eigenvalue weighted by atomic mass is 79.9. The van der Waals surface area contributed by atoms with Gasteiger partial charge in [-0.15, -0.1) is 0 Å². The highest BCUT2D eigenvalue weighted by molar-refractivity contribution is 9.10. The molecule has 1 aromatic rings. The van der Waals surface area contributed by atoms with Gasteiger partial charge in [-0.1, -0.05) is 41.9 Å². The normalized spacial score (nSPS) is 13.4. The van der Waals surface area contributed by atoms with E-state index in [2.05, 4.69) is 15.9 Å². The summed E-state index contributed by atoms with van der Waals surface area (Å²) >= 11 is 3.46. The maximum atomic E-state index is 9.93. The highest BCUT2D eigenvalue weighted by Crippen LogP contribution is 2.30. The number of aliphatic hydroxyl groups is 1. The van der Waals surface area contributed by atoms with E-state index in [1.165, 1.54) is 0 Å². The van der Waals surface area contributed by atoms with E-state index in [4.69, 9.17) is 0 Å². The molecule has 1 nitrogen and oxygen atoms in total. The monoisotopic (exact) mass is 242 g/mol. The molecule has 72 valence electrons. The quantitative estimate of drug-likeness (QED) is 0.843. The molecule has 1 unspecified atom stereocenters. The van der Waals surface area contributed by atoms with Gasteiger partial charge in [0.1, 0.15) is 0 Å². The Bertz CT molecular complexity index is 274. The van der Waals surface area contributed by atoms with Crippen LogP contribution in [0.5, 0.6) is 0 Å². The molecule has 0 radical (unpaired) electrons. The van der Waals surface area contributed by atoms with E-state index in [9.17, 15) is 5.11 Å². The number of hydrogen-bond acceptors (Lipinski definition) is 1. The molecule has 2 heteroatoms. The van der Waals surface area contributed by atoms with Crippen molar-refractivity contribution in [1.82, 2.24) is 0 Å². The van der Waals surface area contributed by atoms with Gasteiger partial charge < -0.3 is 5.11 Å². The number of benzene rings is 1. The van der Waals surface area contributed by atoms with Gasteiger partial charge in [-0.05, 0) is 30.0 Å². The van der Waals surface area contributed by atoms with Gasteiger partial charge in [0.05, 0.1) is 6.10 Å². The second-order valence-electron chi connectivity index (χ2n) is 3.66. The van der Waals surface area contributed by atoms with Crippen molar-refractivity contribution in [2.75, 3.05) is 0 Å². The van der Waals surface area contributed by atoms with Crippen molar-refractivity contribution in [2.24, 2.45) is 5.92 Å². The van der Waals surface area contributed by atoms with E-state index < -0.39 is 0 Å². The van der Waals surface area contributed by atoms with Crippen LogP contribution in [0.2, 0.25) is 0 Å². The van der Waals surface area contributed by atoms with Crippen LogP contribution in [0.4, 0.5) is 0 Å². The third-order valence-electron chi connectivity index (χ3n) is 2.20. The summed E-state index contributed by atoms with van der Waals surface area (Å²) < 4.78 is 0.994. The molecule has 0 saturated carbocycles. The molecule has 1 atom stereocenters. The van der Waals surface area contributed by atoms with E-state index in [0.29, 0.717) is 0 Å². The van der Waals surface area contributed by atoms with Crippen LogP contribution >= 0.6 is 15.9 Å². The molecule has 0 saturated heterocycles. The molecule has 1 aromatic carbocycles. The van der Waals surface area contributed by atoms with Crippen molar-refractivity contribution in [1.29, 1.82) is 0 Å². The van der Waals surface area contributed by atoms with Crippen LogP contribution in [0.3, 0.4) is 0 Å². The predicted molar refractivity (Wildman–Crippen MR) is 58.7 cm³/mol. The van der Waals surface area contributed by atoms with Crippen LogP contribution < -0.4 is 0 Å². The number of rotatable bonds is 2. The first-order valence-electron chi connectivity index (χ1n) is 4.47. The topological polar surface area (TPSA) is 20.2 Å². The Kier molecular flexibility index (Phi) is 3.51. The lowest BCUT2D eigenvalue weighted by Crippen LogP contribution is -2.07. The first kappa shape index (κ1) is 10.7. The first-order valence-corrected chi connectivity index (χ1v) is 5.26. The Morgan fingerprint density at radius 2 is 1.92 bits per heavy atom. The SMILES string of the molecule is Cc1cccc(Br)c1C(O)C(C)C. The van der Waals surface area contributed by atoms with Gasteiger partial charge in [0.25, 0.3) is 0 Å². The molecule has 0 aliphatic carbocycles. The average Bonchev–Trinajstić information content (AvgIpc) is 2.03. The summed E-state index contributed by atoms with van der Waals surface area (Å²) in [7, 11) is 0. The van der Waals surface area contributed by atoms with Gasteiger partial charge in [0.15, 0.2) is 0 Å². The maximum absolute atomic E-state index is 9.93. The molecule has 0 bridgehead atoms. The molecule has 0 amide bonds. The van der Waals surface area contributed by atoms with Crippen LogP contribution in [-0.2, 0) is 0 Å². The van der Waals surface area contributed by atoms with Gasteiger partial charge in [-0.2, -0.15) is 0 Å². The number of aryl methyl sites for hydroxylation is 1. The van der Waals surface area contributed by atoms with Crippen molar-refractivity contribution in [3.05, 3.63) is 33.8 Å². The fourth-order valence-corrected chi connectivity index (χ4v) is 2.05. The van der Waals surface area contributed by atoms with Crippen LogP contribution in [0.1, 0.15) is 31.1 Å². The Balaban J connectivity index is 3.12. The summed E-state index contributed by atoms with van der Waals surface area (Å²) in [6.45, 7) is 6.05. The van der Waals surface area contributed by atoms with Crippen molar-refractivity contribution in [2.45, 2.75) is 26.9 Å². The molecule has 1 N–H and O–H groups in total. The van der Waals surface area contributed by atoms with E-state index in [0.717, 1.165) is 15.6 Å². The van der Waals surface area contributed by atoms with Crippen LogP contribution in [-0.4, -0.2) is 5.11 Å². The summed E-state index contributed by atoms with van der Waals surface area (Å²) in [4.78, 5) is 0. The summed E-state index contributed by atoms with van der Waals surface area (Å²) in [5.74, 6) is 0.248. The lowest BCUT2D eigenvalue weighted by Gasteiger charge is -2.18. The fourth-order valence-electron chi connectivity index (χ4n) is 1.35. The fraction of sp³-hybridized carbons (Fsp3) is 0.455. The smallest absolute Gasteiger partial charge is 0.0826 e. The molecule has 1 rings (SSSR count). The Labute approximate surface area is 87.9 Å². The van der Waals surface area contributed by atoms with Gasteiger partial charge >= 0.3 is 0 Å².